The van der Waals surface area contributed by atoms with E-state index in [0.29, 0.717) is 29.5 Å². The van der Waals surface area contributed by atoms with Gasteiger partial charge < -0.3 is 19.7 Å². The molecule has 3 aromatic rings. The van der Waals surface area contributed by atoms with Crippen molar-refractivity contribution in [3.05, 3.63) is 95.0 Å². The van der Waals surface area contributed by atoms with E-state index in [9.17, 15) is 9.59 Å². The monoisotopic (exact) mass is 480 g/mol. The van der Waals surface area contributed by atoms with Crippen LogP contribution < -0.4 is 14.8 Å². The molecule has 0 saturated carbocycles. The molecule has 0 aliphatic carbocycles. The molecule has 0 spiro atoms. The number of likely N-dealkylation sites (N-methyl/N-ethyl adjacent to an activating group) is 1. The lowest BCUT2D eigenvalue weighted by Gasteiger charge is -2.31. The second-order valence-corrected chi connectivity index (χ2v) is 8.16. The van der Waals surface area contributed by atoms with E-state index >= 15 is 0 Å². The first kappa shape index (κ1) is 25.1. The topological polar surface area (TPSA) is 67.9 Å². The molecule has 3 aromatic carbocycles. The first-order valence-corrected chi connectivity index (χ1v) is 11.5. The summed E-state index contributed by atoms with van der Waals surface area (Å²) in [5, 5.41) is 3.39. The van der Waals surface area contributed by atoms with Gasteiger partial charge in [-0.3, -0.25) is 9.59 Å². The van der Waals surface area contributed by atoms with Crippen LogP contribution in [0.25, 0.3) is 0 Å². The second kappa shape index (κ2) is 12.7. The van der Waals surface area contributed by atoms with Crippen molar-refractivity contribution in [2.45, 2.75) is 25.9 Å². The molecule has 0 fully saturated rings. The van der Waals surface area contributed by atoms with Gasteiger partial charge in [-0.25, -0.2) is 0 Å². The number of ether oxygens (including phenoxy) is 2. The fourth-order valence-corrected chi connectivity index (χ4v) is 3.78. The van der Waals surface area contributed by atoms with E-state index in [1.165, 1.54) is 0 Å². The summed E-state index contributed by atoms with van der Waals surface area (Å²) in [7, 11) is 1.59. The highest BCUT2D eigenvalue weighted by atomic mass is 35.5. The van der Waals surface area contributed by atoms with Gasteiger partial charge in [-0.05, 0) is 48.4 Å². The molecule has 0 aromatic heterocycles. The molecule has 0 unspecified atom stereocenters. The minimum absolute atomic E-state index is 0.217. The maximum atomic E-state index is 13.5. The number of amides is 2. The third-order valence-electron chi connectivity index (χ3n) is 5.27. The summed E-state index contributed by atoms with van der Waals surface area (Å²) in [5.41, 5.74) is 1.80. The number of hydrogen-bond acceptors (Lipinski definition) is 4. The Labute approximate surface area is 205 Å². The Morgan fingerprint density at radius 2 is 1.65 bits per heavy atom. The number of rotatable bonds is 11. The summed E-state index contributed by atoms with van der Waals surface area (Å²) in [5.74, 6) is 0.637. The number of methoxy groups -OCH3 is 1. The summed E-state index contributed by atoms with van der Waals surface area (Å²) in [6.45, 7) is 2.32. The molecule has 6 nitrogen and oxygen atoms in total. The predicted octanol–water partition coefficient (Wildman–Crippen LogP) is 4.50. The lowest BCUT2D eigenvalue weighted by Crippen LogP contribution is -2.51. The molecule has 0 aliphatic rings. The zero-order valence-electron chi connectivity index (χ0n) is 19.4. The van der Waals surface area contributed by atoms with Gasteiger partial charge in [-0.15, -0.1) is 0 Å². The Balaban J connectivity index is 1.90. The molecule has 2 amide bonds. The van der Waals surface area contributed by atoms with Crippen LogP contribution in [0, 0.1) is 0 Å². The molecule has 0 aliphatic heterocycles. The van der Waals surface area contributed by atoms with E-state index in [0.717, 1.165) is 11.1 Å². The van der Waals surface area contributed by atoms with Gasteiger partial charge in [-0.2, -0.15) is 0 Å². The SMILES string of the molecule is CCNC(=O)[C@@H](Cc1ccccc1)N(Cc1cccc(OC)c1)C(=O)COc1cccc(Cl)c1. The number of halogens is 1. The Hall–Kier alpha value is -3.51. The first-order valence-electron chi connectivity index (χ1n) is 11.1. The van der Waals surface area contributed by atoms with E-state index in [2.05, 4.69) is 5.32 Å². The molecule has 0 radical (unpaired) electrons. The summed E-state index contributed by atoms with van der Waals surface area (Å²) in [4.78, 5) is 28.2. The van der Waals surface area contributed by atoms with Crippen LogP contribution in [0.3, 0.4) is 0 Å². The number of nitrogens with one attached hydrogen (secondary N) is 1. The van der Waals surface area contributed by atoms with E-state index in [-0.39, 0.29) is 25.0 Å². The fraction of sp³-hybridized carbons (Fsp3) is 0.259. The van der Waals surface area contributed by atoms with Crippen LogP contribution in [-0.4, -0.2) is 43.0 Å². The molecule has 3 rings (SSSR count). The van der Waals surface area contributed by atoms with Crippen LogP contribution in [0.1, 0.15) is 18.1 Å². The van der Waals surface area contributed by atoms with Gasteiger partial charge >= 0.3 is 0 Å². The van der Waals surface area contributed by atoms with E-state index in [4.69, 9.17) is 21.1 Å². The fourth-order valence-electron chi connectivity index (χ4n) is 3.60. The quantitative estimate of drug-likeness (QED) is 0.438. The number of benzene rings is 3. The highest BCUT2D eigenvalue weighted by Gasteiger charge is 2.30. The minimum atomic E-state index is -0.719. The van der Waals surface area contributed by atoms with Crippen molar-refractivity contribution in [3.8, 4) is 11.5 Å². The average Bonchev–Trinajstić information content (AvgIpc) is 2.85. The molecule has 1 N–H and O–H groups in total. The van der Waals surface area contributed by atoms with Crippen LogP contribution >= 0.6 is 11.6 Å². The average molecular weight is 481 g/mol. The van der Waals surface area contributed by atoms with Gasteiger partial charge in [-0.1, -0.05) is 60.1 Å². The van der Waals surface area contributed by atoms with Crippen LogP contribution in [0.2, 0.25) is 5.02 Å². The lowest BCUT2D eigenvalue weighted by atomic mass is 10.0. The molecule has 7 heteroatoms. The molecule has 1 atom stereocenters. The molecule has 0 saturated heterocycles. The molecule has 0 bridgehead atoms. The van der Waals surface area contributed by atoms with Gasteiger partial charge in [0.05, 0.1) is 7.11 Å². The third-order valence-corrected chi connectivity index (χ3v) is 5.50. The smallest absolute Gasteiger partial charge is 0.261 e. The number of hydrogen-bond donors (Lipinski definition) is 1. The molecular formula is C27H29ClN2O4. The largest absolute Gasteiger partial charge is 0.497 e. The van der Waals surface area contributed by atoms with Crippen LogP contribution in [0.4, 0.5) is 0 Å². The van der Waals surface area contributed by atoms with Crippen molar-refractivity contribution < 1.29 is 19.1 Å². The predicted molar refractivity (Wildman–Crippen MR) is 133 cm³/mol. The maximum absolute atomic E-state index is 13.5. The van der Waals surface area contributed by atoms with Crippen molar-refractivity contribution in [1.29, 1.82) is 0 Å². The Kier molecular flexibility index (Phi) is 9.35. The van der Waals surface area contributed by atoms with Crippen molar-refractivity contribution in [2.75, 3.05) is 20.3 Å². The number of carbonyl (C=O) groups is 2. The Morgan fingerprint density at radius 3 is 2.35 bits per heavy atom. The Morgan fingerprint density at radius 1 is 0.941 bits per heavy atom. The van der Waals surface area contributed by atoms with Crippen LogP contribution in [0.15, 0.2) is 78.9 Å². The highest BCUT2D eigenvalue weighted by Crippen LogP contribution is 2.20. The standard InChI is InChI=1S/C27H29ClN2O4/c1-3-29-27(32)25(16-20-9-5-4-6-10-20)30(18-21-11-7-13-23(15-21)33-2)26(31)19-34-24-14-8-12-22(28)17-24/h4-15,17,25H,3,16,18-19H2,1-2H3,(H,29,32)/t25-/m1/s1. The van der Waals surface area contributed by atoms with Gasteiger partial charge in [0, 0.05) is 24.5 Å². The third kappa shape index (κ3) is 7.25. The maximum Gasteiger partial charge on any atom is 0.261 e. The number of carbonyl (C=O) groups excluding carboxylic acids is 2. The van der Waals surface area contributed by atoms with Gasteiger partial charge in [0.15, 0.2) is 6.61 Å². The van der Waals surface area contributed by atoms with Gasteiger partial charge in [0.25, 0.3) is 5.91 Å². The molecular weight excluding hydrogens is 452 g/mol. The normalized spacial score (nSPS) is 11.4. The van der Waals surface area contributed by atoms with E-state index < -0.39 is 6.04 Å². The summed E-state index contributed by atoms with van der Waals surface area (Å²) in [6.07, 6.45) is 0.375. The molecule has 178 valence electrons. The van der Waals surface area contributed by atoms with E-state index in [1.807, 2.05) is 61.5 Å². The summed E-state index contributed by atoms with van der Waals surface area (Å²) < 4.78 is 11.1. The van der Waals surface area contributed by atoms with Crippen LogP contribution in [0.5, 0.6) is 11.5 Å². The van der Waals surface area contributed by atoms with Gasteiger partial charge in [0.1, 0.15) is 17.5 Å². The van der Waals surface area contributed by atoms with Gasteiger partial charge in [0.2, 0.25) is 5.91 Å². The summed E-state index contributed by atoms with van der Waals surface area (Å²) in [6, 6.07) is 23.2. The molecule has 34 heavy (non-hydrogen) atoms. The van der Waals surface area contributed by atoms with Crippen molar-refractivity contribution in [1.82, 2.24) is 10.2 Å². The van der Waals surface area contributed by atoms with Crippen molar-refractivity contribution >= 4 is 23.4 Å². The summed E-state index contributed by atoms with van der Waals surface area (Å²) >= 11 is 6.04. The Bertz CT molecular complexity index is 1090. The van der Waals surface area contributed by atoms with Crippen LogP contribution in [-0.2, 0) is 22.6 Å². The van der Waals surface area contributed by atoms with E-state index in [1.54, 1.807) is 36.3 Å². The van der Waals surface area contributed by atoms with Crippen molar-refractivity contribution in [3.63, 3.8) is 0 Å². The lowest BCUT2D eigenvalue weighted by molar-refractivity contribution is -0.142. The zero-order valence-corrected chi connectivity index (χ0v) is 20.1. The highest BCUT2D eigenvalue weighted by molar-refractivity contribution is 6.30. The number of nitrogens with zero attached hydrogens (tertiary/aromatic N) is 1. The zero-order chi connectivity index (χ0) is 24.3. The van der Waals surface area contributed by atoms with Crippen molar-refractivity contribution in [2.24, 2.45) is 0 Å². The molecule has 0 heterocycles. The minimum Gasteiger partial charge on any atom is -0.497 e. The second-order valence-electron chi connectivity index (χ2n) is 7.72. The first-order chi connectivity index (χ1) is 16.5.